The standard InChI is InChI=1S/C21H23ClN6OS2/c22-15-3-6-18(23-12-15)24-20(29)14-7-9-26(10-8-14)13-27-21(30)28(16-4-5-16)19(25-27)17-2-1-11-31-17/h1-3,6,11-12,14,16H,4-5,7-10,13H2,(H,23,24,29). The molecule has 2 aliphatic rings. The van der Waals surface area contributed by atoms with Gasteiger partial charge in [-0.05, 0) is 61.5 Å². The van der Waals surface area contributed by atoms with Gasteiger partial charge in [-0.25, -0.2) is 9.67 Å². The number of thiophene rings is 1. The van der Waals surface area contributed by atoms with Gasteiger partial charge < -0.3 is 5.32 Å². The van der Waals surface area contributed by atoms with Gasteiger partial charge in [-0.1, -0.05) is 17.7 Å². The lowest BCUT2D eigenvalue weighted by Crippen LogP contribution is -2.39. The van der Waals surface area contributed by atoms with Gasteiger partial charge in [0.1, 0.15) is 5.82 Å². The van der Waals surface area contributed by atoms with Crippen LogP contribution in [0, 0.1) is 10.7 Å². The van der Waals surface area contributed by atoms with Gasteiger partial charge in [0, 0.05) is 31.2 Å². The van der Waals surface area contributed by atoms with Crippen LogP contribution in [0.15, 0.2) is 35.8 Å². The summed E-state index contributed by atoms with van der Waals surface area (Å²) >= 11 is 13.3. The summed E-state index contributed by atoms with van der Waals surface area (Å²) in [6.07, 6.45) is 5.47. The molecular weight excluding hydrogens is 452 g/mol. The maximum absolute atomic E-state index is 12.6. The zero-order chi connectivity index (χ0) is 21.4. The van der Waals surface area contributed by atoms with Gasteiger partial charge in [0.05, 0.1) is 16.6 Å². The number of pyridine rings is 1. The Morgan fingerprint density at radius 1 is 1.23 bits per heavy atom. The SMILES string of the molecule is O=C(Nc1ccc(Cl)cn1)C1CCN(Cn2nc(-c3cccs3)n(C3CC3)c2=S)CC1. The molecule has 3 aromatic rings. The molecule has 10 heteroatoms. The van der Waals surface area contributed by atoms with Crippen molar-refractivity contribution in [2.45, 2.75) is 38.4 Å². The molecule has 0 spiro atoms. The monoisotopic (exact) mass is 474 g/mol. The van der Waals surface area contributed by atoms with Crippen LogP contribution in [0.5, 0.6) is 0 Å². The topological polar surface area (TPSA) is 68.0 Å². The van der Waals surface area contributed by atoms with Crippen LogP contribution in [0.4, 0.5) is 5.82 Å². The molecular formula is C21H23ClN6OS2. The van der Waals surface area contributed by atoms with Crippen molar-refractivity contribution in [3.8, 4) is 10.7 Å². The summed E-state index contributed by atoms with van der Waals surface area (Å²) in [6.45, 7) is 2.32. The predicted octanol–water partition coefficient (Wildman–Crippen LogP) is 4.83. The Balaban J connectivity index is 1.22. The molecule has 0 bridgehead atoms. The highest BCUT2D eigenvalue weighted by Crippen LogP contribution is 2.39. The lowest BCUT2D eigenvalue weighted by molar-refractivity contribution is -0.121. The minimum atomic E-state index is -0.0209. The molecule has 0 unspecified atom stereocenters. The molecule has 1 aliphatic carbocycles. The molecule has 1 saturated carbocycles. The highest BCUT2D eigenvalue weighted by molar-refractivity contribution is 7.71. The Morgan fingerprint density at radius 3 is 2.68 bits per heavy atom. The lowest BCUT2D eigenvalue weighted by atomic mass is 9.96. The van der Waals surface area contributed by atoms with E-state index in [1.807, 2.05) is 4.68 Å². The summed E-state index contributed by atoms with van der Waals surface area (Å²) in [5, 5.41) is 10.4. The first-order valence-corrected chi connectivity index (χ1v) is 12.1. The van der Waals surface area contributed by atoms with Crippen molar-refractivity contribution in [2.24, 2.45) is 5.92 Å². The van der Waals surface area contributed by atoms with E-state index in [4.69, 9.17) is 28.9 Å². The Morgan fingerprint density at radius 2 is 2.03 bits per heavy atom. The zero-order valence-electron chi connectivity index (χ0n) is 16.9. The van der Waals surface area contributed by atoms with Crippen LogP contribution in [-0.2, 0) is 11.5 Å². The number of rotatable bonds is 6. The normalized spacial score (nSPS) is 17.7. The number of hydrogen-bond acceptors (Lipinski definition) is 6. The number of carbonyl (C=O) groups is 1. The van der Waals surface area contributed by atoms with E-state index in [-0.39, 0.29) is 11.8 Å². The number of nitrogens with one attached hydrogen (secondary N) is 1. The van der Waals surface area contributed by atoms with Crippen molar-refractivity contribution < 1.29 is 4.79 Å². The number of carbonyl (C=O) groups excluding carboxylic acids is 1. The number of piperidine rings is 1. The Kier molecular flexibility index (Phi) is 5.92. The third-order valence-electron chi connectivity index (χ3n) is 5.80. The van der Waals surface area contributed by atoms with E-state index in [2.05, 4.69) is 37.3 Å². The van der Waals surface area contributed by atoms with Crippen LogP contribution in [-0.4, -0.2) is 43.2 Å². The van der Waals surface area contributed by atoms with Gasteiger partial charge in [-0.3, -0.25) is 14.3 Å². The third kappa shape index (κ3) is 4.59. The molecule has 1 amide bonds. The highest BCUT2D eigenvalue weighted by Gasteiger charge is 2.30. The quantitative estimate of drug-likeness (QED) is 0.518. The second kappa shape index (κ2) is 8.82. The number of hydrogen-bond donors (Lipinski definition) is 1. The Hall–Kier alpha value is -2.07. The minimum absolute atomic E-state index is 0.0177. The maximum Gasteiger partial charge on any atom is 0.228 e. The number of nitrogens with zero attached hydrogens (tertiary/aromatic N) is 5. The largest absolute Gasteiger partial charge is 0.310 e. The van der Waals surface area contributed by atoms with Gasteiger partial charge >= 0.3 is 0 Å². The van der Waals surface area contributed by atoms with E-state index < -0.39 is 0 Å². The molecule has 5 rings (SSSR count). The second-order valence-corrected chi connectivity index (χ2v) is 9.82. The fraction of sp³-hybridized carbons (Fsp3) is 0.429. The number of likely N-dealkylation sites (tertiary alicyclic amines) is 1. The smallest absolute Gasteiger partial charge is 0.228 e. The van der Waals surface area contributed by atoms with Crippen molar-refractivity contribution in [1.29, 1.82) is 0 Å². The third-order valence-corrected chi connectivity index (χ3v) is 7.29. The maximum atomic E-state index is 12.6. The molecule has 1 saturated heterocycles. The summed E-state index contributed by atoms with van der Waals surface area (Å²) in [5.74, 6) is 1.51. The van der Waals surface area contributed by atoms with E-state index in [1.165, 1.54) is 19.0 Å². The molecule has 0 radical (unpaired) electrons. The Bertz CT molecular complexity index is 1110. The first-order chi connectivity index (χ1) is 15.1. The molecule has 4 heterocycles. The molecule has 0 aromatic carbocycles. The Labute approximate surface area is 194 Å². The van der Waals surface area contributed by atoms with Crippen LogP contribution >= 0.6 is 35.2 Å². The van der Waals surface area contributed by atoms with Crippen LogP contribution in [0.1, 0.15) is 31.7 Å². The second-order valence-electron chi connectivity index (χ2n) is 8.07. The zero-order valence-corrected chi connectivity index (χ0v) is 19.3. The van der Waals surface area contributed by atoms with Crippen LogP contribution < -0.4 is 5.32 Å². The molecule has 3 aromatic heterocycles. The molecule has 2 fully saturated rings. The van der Waals surface area contributed by atoms with E-state index in [9.17, 15) is 4.79 Å². The van der Waals surface area contributed by atoms with Crippen molar-refractivity contribution in [3.63, 3.8) is 0 Å². The summed E-state index contributed by atoms with van der Waals surface area (Å²) in [5.41, 5.74) is 0. The number of aromatic nitrogens is 4. The van der Waals surface area contributed by atoms with Crippen molar-refractivity contribution in [3.05, 3.63) is 45.6 Å². The molecule has 31 heavy (non-hydrogen) atoms. The average Bonchev–Trinajstić information content (AvgIpc) is 3.35. The van der Waals surface area contributed by atoms with Gasteiger partial charge in [-0.2, -0.15) is 0 Å². The molecule has 1 N–H and O–H groups in total. The minimum Gasteiger partial charge on any atom is -0.310 e. The van der Waals surface area contributed by atoms with Crippen molar-refractivity contribution in [2.75, 3.05) is 18.4 Å². The predicted molar refractivity (Wildman–Crippen MR) is 125 cm³/mol. The van der Waals surface area contributed by atoms with Gasteiger partial charge in [0.25, 0.3) is 0 Å². The van der Waals surface area contributed by atoms with Gasteiger partial charge in [0.15, 0.2) is 10.6 Å². The van der Waals surface area contributed by atoms with Crippen molar-refractivity contribution >= 4 is 46.9 Å². The van der Waals surface area contributed by atoms with Crippen LogP contribution in [0.25, 0.3) is 10.7 Å². The van der Waals surface area contributed by atoms with E-state index in [0.29, 0.717) is 23.6 Å². The summed E-state index contributed by atoms with van der Waals surface area (Å²) in [4.78, 5) is 20.2. The molecule has 1 aliphatic heterocycles. The summed E-state index contributed by atoms with van der Waals surface area (Å²) in [6, 6.07) is 8.08. The number of anilines is 1. The number of amides is 1. The fourth-order valence-electron chi connectivity index (χ4n) is 3.95. The first-order valence-electron chi connectivity index (χ1n) is 10.5. The average molecular weight is 475 g/mol. The summed E-state index contributed by atoms with van der Waals surface area (Å²) < 4.78 is 4.96. The fourth-order valence-corrected chi connectivity index (χ4v) is 5.10. The molecule has 7 nitrogen and oxygen atoms in total. The van der Waals surface area contributed by atoms with E-state index in [0.717, 1.165) is 41.4 Å². The van der Waals surface area contributed by atoms with E-state index >= 15 is 0 Å². The number of halogens is 1. The first kappa shape index (κ1) is 20.8. The van der Waals surface area contributed by atoms with Crippen LogP contribution in [0.2, 0.25) is 5.02 Å². The van der Waals surface area contributed by atoms with Crippen molar-refractivity contribution in [1.82, 2.24) is 24.2 Å². The molecule has 0 atom stereocenters. The molecule has 162 valence electrons. The lowest BCUT2D eigenvalue weighted by Gasteiger charge is -2.30. The summed E-state index contributed by atoms with van der Waals surface area (Å²) in [7, 11) is 0. The van der Waals surface area contributed by atoms with E-state index in [1.54, 1.807) is 23.5 Å². The van der Waals surface area contributed by atoms with Crippen LogP contribution in [0.3, 0.4) is 0 Å². The van der Waals surface area contributed by atoms with Gasteiger partial charge in [0.2, 0.25) is 5.91 Å². The highest BCUT2D eigenvalue weighted by atomic mass is 35.5. The van der Waals surface area contributed by atoms with Gasteiger partial charge in [-0.15, -0.1) is 16.4 Å².